The van der Waals surface area contributed by atoms with Gasteiger partial charge in [0, 0.05) is 24.4 Å². The average molecular weight is 304 g/mol. The molecule has 114 valence electrons. The van der Waals surface area contributed by atoms with Gasteiger partial charge in [-0.05, 0) is 18.9 Å². The van der Waals surface area contributed by atoms with Gasteiger partial charge in [-0.3, -0.25) is 0 Å². The van der Waals surface area contributed by atoms with Gasteiger partial charge in [0.1, 0.15) is 11.1 Å². The van der Waals surface area contributed by atoms with Crippen LogP contribution in [0.1, 0.15) is 55.1 Å². The number of ether oxygens (including phenoxy) is 1. The molecular weight excluding hydrogens is 280 g/mol. The molecular formula is C17H24N2OS. The van der Waals surface area contributed by atoms with Crippen molar-refractivity contribution < 1.29 is 4.74 Å². The van der Waals surface area contributed by atoms with Crippen LogP contribution in [0.15, 0.2) is 35.7 Å². The molecule has 1 heterocycles. The Hall–Kier alpha value is -1.23. The van der Waals surface area contributed by atoms with Crippen molar-refractivity contribution in [2.45, 2.75) is 45.3 Å². The molecule has 4 heteroatoms. The summed E-state index contributed by atoms with van der Waals surface area (Å²) in [6, 6.07) is 10.2. The van der Waals surface area contributed by atoms with E-state index >= 15 is 0 Å². The van der Waals surface area contributed by atoms with Crippen LogP contribution in [0.25, 0.3) is 0 Å². The third kappa shape index (κ3) is 4.63. The van der Waals surface area contributed by atoms with Gasteiger partial charge in [-0.15, -0.1) is 11.3 Å². The molecule has 0 aliphatic heterocycles. The first-order chi connectivity index (χ1) is 10.2. The van der Waals surface area contributed by atoms with Gasteiger partial charge in [0.2, 0.25) is 0 Å². The van der Waals surface area contributed by atoms with Gasteiger partial charge in [0.25, 0.3) is 0 Å². The molecule has 1 aromatic heterocycles. The molecule has 2 aromatic rings. The number of hydrogen-bond acceptors (Lipinski definition) is 4. The Balaban J connectivity index is 2.02. The van der Waals surface area contributed by atoms with Crippen LogP contribution in [0.3, 0.4) is 0 Å². The van der Waals surface area contributed by atoms with E-state index in [1.807, 2.05) is 25.1 Å². The predicted octanol–water partition coefficient (Wildman–Crippen LogP) is 4.26. The lowest BCUT2D eigenvalue weighted by Gasteiger charge is -2.13. The largest absolute Gasteiger partial charge is 0.371 e. The minimum Gasteiger partial charge on any atom is -0.371 e. The maximum Gasteiger partial charge on any atom is 0.122 e. The molecule has 0 saturated carbocycles. The summed E-state index contributed by atoms with van der Waals surface area (Å²) in [5.41, 5.74) is 8.48. The normalized spacial score (nSPS) is 14.0. The minimum absolute atomic E-state index is 0.00197. The van der Waals surface area contributed by atoms with Crippen molar-refractivity contribution >= 4 is 11.3 Å². The number of nitrogens with zero attached hydrogens (tertiary/aromatic N) is 1. The van der Waals surface area contributed by atoms with E-state index in [-0.39, 0.29) is 12.1 Å². The fraction of sp³-hybridized carbons (Fsp3) is 0.471. The van der Waals surface area contributed by atoms with Crippen LogP contribution in [0.4, 0.5) is 0 Å². The van der Waals surface area contributed by atoms with Crippen LogP contribution in [-0.2, 0) is 11.2 Å². The van der Waals surface area contributed by atoms with Crippen molar-refractivity contribution in [3.05, 3.63) is 52.0 Å². The Bertz CT molecular complexity index is 521. The molecule has 0 fully saturated rings. The Kier molecular flexibility index (Phi) is 6.36. The van der Waals surface area contributed by atoms with Crippen LogP contribution in [0.5, 0.6) is 0 Å². The summed E-state index contributed by atoms with van der Waals surface area (Å²) in [6.07, 6.45) is 3.02. The molecule has 3 nitrogen and oxygen atoms in total. The molecule has 0 radical (unpaired) electrons. The van der Waals surface area contributed by atoms with Crippen LogP contribution in [0.2, 0.25) is 0 Å². The molecule has 0 aliphatic rings. The van der Waals surface area contributed by atoms with E-state index in [0.29, 0.717) is 0 Å². The summed E-state index contributed by atoms with van der Waals surface area (Å²) in [4.78, 5) is 4.73. The van der Waals surface area contributed by atoms with Gasteiger partial charge in [-0.1, -0.05) is 43.7 Å². The number of thiazole rings is 1. The molecule has 0 amide bonds. The van der Waals surface area contributed by atoms with Crippen LogP contribution in [0, 0.1) is 0 Å². The van der Waals surface area contributed by atoms with Crippen molar-refractivity contribution in [1.29, 1.82) is 0 Å². The fourth-order valence-corrected chi connectivity index (χ4v) is 3.26. The van der Waals surface area contributed by atoms with Crippen molar-refractivity contribution in [1.82, 2.24) is 4.98 Å². The lowest BCUT2D eigenvalue weighted by molar-refractivity contribution is 0.0554. The minimum atomic E-state index is -0.00197. The summed E-state index contributed by atoms with van der Waals surface area (Å²) in [5, 5.41) is 3.19. The third-order valence-corrected chi connectivity index (χ3v) is 4.41. The van der Waals surface area contributed by atoms with Crippen LogP contribution >= 0.6 is 11.3 Å². The van der Waals surface area contributed by atoms with Crippen LogP contribution in [-0.4, -0.2) is 11.6 Å². The predicted molar refractivity (Wildman–Crippen MR) is 88.5 cm³/mol. The molecule has 1 aromatic carbocycles. The van der Waals surface area contributed by atoms with Crippen molar-refractivity contribution in [3.63, 3.8) is 0 Å². The topological polar surface area (TPSA) is 48.1 Å². The number of rotatable bonds is 8. The summed E-state index contributed by atoms with van der Waals surface area (Å²) in [6.45, 7) is 4.93. The molecule has 0 saturated heterocycles. The van der Waals surface area contributed by atoms with E-state index in [4.69, 9.17) is 15.5 Å². The van der Waals surface area contributed by atoms with E-state index < -0.39 is 0 Å². The summed E-state index contributed by atoms with van der Waals surface area (Å²) < 4.78 is 5.79. The van der Waals surface area contributed by atoms with Gasteiger partial charge >= 0.3 is 0 Å². The second kappa shape index (κ2) is 8.27. The molecule has 0 aliphatic carbocycles. The SMILES string of the molecule is CCCC(OCC)c1nc(CC(N)c2ccccc2)cs1. The Morgan fingerprint density at radius 2 is 2.00 bits per heavy atom. The van der Waals surface area contributed by atoms with E-state index in [0.717, 1.165) is 42.1 Å². The van der Waals surface area contributed by atoms with Crippen LogP contribution < -0.4 is 5.73 Å². The number of hydrogen-bond donors (Lipinski definition) is 1. The highest BCUT2D eigenvalue weighted by Gasteiger charge is 2.16. The fourth-order valence-electron chi connectivity index (χ4n) is 2.35. The van der Waals surface area contributed by atoms with Gasteiger partial charge in [-0.2, -0.15) is 0 Å². The van der Waals surface area contributed by atoms with E-state index in [9.17, 15) is 0 Å². The molecule has 2 unspecified atom stereocenters. The lowest BCUT2D eigenvalue weighted by Crippen LogP contribution is -2.13. The molecule has 2 N–H and O–H groups in total. The average Bonchev–Trinajstić information content (AvgIpc) is 2.96. The second-order valence-electron chi connectivity index (χ2n) is 5.13. The molecule has 0 spiro atoms. The third-order valence-electron chi connectivity index (χ3n) is 3.42. The smallest absolute Gasteiger partial charge is 0.122 e. The molecule has 2 atom stereocenters. The Labute approximate surface area is 131 Å². The monoisotopic (exact) mass is 304 g/mol. The standard InChI is InChI=1S/C17H24N2OS/c1-3-8-16(20-4-2)17-19-14(12-21-17)11-15(18)13-9-6-5-7-10-13/h5-7,9-10,12,15-16H,3-4,8,11,18H2,1-2H3. The second-order valence-corrected chi connectivity index (χ2v) is 6.02. The highest BCUT2D eigenvalue weighted by molar-refractivity contribution is 7.09. The van der Waals surface area contributed by atoms with Gasteiger partial charge in [-0.25, -0.2) is 4.98 Å². The Morgan fingerprint density at radius 3 is 2.67 bits per heavy atom. The van der Waals surface area contributed by atoms with Gasteiger partial charge in [0.05, 0.1) is 5.69 Å². The number of nitrogens with two attached hydrogens (primary N) is 1. The van der Waals surface area contributed by atoms with Crippen molar-refractivity contribution in [2.24, 2.45) is 5.73 Å². The van der Waals surface area contributed by atoms with E-state index in [1.165, 1.54) is 0 Å². The van der Waals surface area contributed by atoms with Gasteiger partial charge in [0.15, 0.2) is 0 Å². The molecule has 2 rings (SSSR count). The van der Waals surface area contributed by atoms with E-state index in [1.54, 1.807) is 11.3 Å². The van der Waals surface area contributed by atoms with Crippen molar-refractivity contribution in [3.8, 4) is 0 Å². The maximum atomic E-state index is 6.26. The first-order valence-electron chi connectivity index (χ1n) is 7.61. The number of benzene rings is 1. The quantitative estimate of drug-likeness (QED) is 0.792. The summed E-state index contributed by atoms with van der Waals surface area (Å²) in [7, 11) is 0. The molecule has 0 bridgehead atoms. The zero-order valence-corrected chi connectivity index (χ0v) is 13.6. The first kappa shape index (κ1) is 16.1. The Morgan fingerprint density at radius 1 is 1.24 bits per heavy atom. The zero-order valence-electron chi connectivity index (χ0n) is 12.8. The number of aromatic nitrogens is 1. The summed E-state index contributed by atoms with van der Waals surface area (Å²) >= 11 is 1.68. The summed E-state index contributed by atoms with van der Waals surface area (Å²) in [5.74, 6) is 0. The first-order valence-corrected chi connectivity index (χ1v) is 8.49. The highest BCUT2D eigenvalue weighted by atomic mass is 32.1. The zero-order chi connectivity index (χ0) is 15.1. The lowest BCUT2D eigenvalue weighted by atomic mass is 10.0. The molecule has 21 heavy (non-hydrogen) atoms. The van der Waals surface area contributed by atoms with Crippen molar-refractivity contribution in [2.75, 3.05) is 6.61 Å². The highest BCUT2D eigenvalue weighted by Crippen LogP contribution is 2.27. The van der Waals surface area contributed by atoms with Gasteiger partial charge < -0.3 is 10.5 Å². The maximum absolute atomic E-state index is 6.26. The van der Waals surface area contributed by atoms with E-state index in [2.05, 4.69) is 24.4 Å².